The maximum Gasteiger partial charge on any atom is 0.312 e. The molecule has 0 spiro atoms. The van der Waals surface area contributed by atoms with Crippen LogP contribution in [0.1, 0.15) is 146 Å². The Hall–Kier alpha value is -2.12. The van der Waals surface area contributed by atoms with Gasteiger partial charge >= 0.3 is 17.9 Å². The maximum atomic E-state index is 13.3. The van der Waals surface area contributed by atoms with Crippen molar-refractivity contribution >= 4 is 23.8 Å². The van der Waals surface area contributed by atoms with Crippen LogP contribution in [0, 0.1) is 17.8 Å². The molecule has 0 radical (unpaired) electrons. The second-order valence-corrected chi connectivity index (χ2v) is 11.6. The summed E-state index contributed by atoms with van der Waals surface area (Å²) >= 11 is 0. The molecule has 0 bridgehead atoms. The number of amides is 1. The Morgan fingerprint density at radius 2 is 1.05 bits per heavy atom. The fourth-order valence-electron chi connectivity index (χ4n) is 4.96. The van der Waals surface area contributed by atoms with Crippen LogP contribution in [-0.2, 0) is 33.4 Å². The van der Waals surface area contributed by atoms with Crippen LogP contribution in [0.5, 0.6) is 0 Å². The van der Waals surface area contributed by atoms with E-state index in [1.165, 1.54) is 4.90 Å². The van der Waals surface area contributed by atoms with Crippen LogP contribution >= 0.6 is 0 Å². The van der Waals surface area contributed by atoms with Gasteiger partial charge in [0, 0.05) is 13.3 Å². The third-order valence-electron chi connectivity index (χ3n) is 7.76. The SMILES string of the molecule is CCCC[C@@H](CC)C(=O)O[C@H](C)CN(CC(C)(OC(=O)[C@@H](CC)CCCC)OC(=O)[C@@H](CC)CCCC)C(=O)CC. The van der Waals surface area contributed by atoms with Gasteiger partial charge in [0.1, 0.15) is 6.10 Å². The molecule has 0 saturated carbocycles. The van der Waals surface area contributed by atoms with Crippen LogP contribution in [0.2, 0.25) is 0 Å². The Balaban J connectivity index is 6.00. The van der Waals surface area contributed by atoms with Gasteiger partial charge in [0.05, 0.1) is 30.8 Å². The van der Waals surface area contributed by atoms with Gasteiger partial charge in [-0.05, 0) is 45.4 Å². The van der Waals surface area contributed by atoms with Gasteiger partial charge in [-0.25, -0.2) is 0 Å². The normalized spacial score (nSPS) is 14.5. The van der Waals surface area contributed by atoms with E-state index < -0.39 is 23.8 Å². The molecule has 0 aromatic rings. The van der Waals surface area contributed by atoms with E-state index in [4.69, 9.17) is 14.2 Å². The molecule has 0 rings (SSSR count). The summed E-state index contributed by atoms with van der Waals surface area (Å²) < 4.78 is 17.7. The molecule has 41 heavy (non-hydrogen) atoms. The monoisotopic (exact) mass is 583 g/mol. The number of unbranched alkanes of at least 4 members (excludes halogenated alkanes) is 3. The summed E-state index contributed by atoms with van der Waals surface area (Å²) in [6.45, 7) is 17.1. The molecular weight excluding hydrogens is 522 g/mol. The molecule has 4 atom stereocenters. The van der Waals surface area contributed by atoms with Crippen LogP contribution in [0.15, 0.2) is 0 Å². The van der Waals surface area contributed by atoms with Crippen molar-refractivity contribution < 1.29 is 33.4 Å². The zero-order chi connectivity index (χ0) is 31.4. The minimum absolute atomic E-state index is 0.105. The standard InChI is InChI=1S/C33H61NO7/c1-10-17-20-26(13-4)30(36)39-25(8)23-34(29(35)16-7)24-33(9,40-31(37)27(14-5)21-18-11-2)41-32(38)28(15-6)22-19-12-3/h25-28H,10-24H2,1-9H3/t25-,26-,27+,28+/m1/s1. The zero-order valence-electron chi connectivity index (χ0n) is 27.7. The highest BCUT2D eigenvalue weighted by atomic mass is 16.7. The number of carbonyl (C=O) groups excluding carboxylic acids is 4. The van der Waals surface area contributed by atoms with Gasteiger partial charge in [-0.1, -0.05) is 87.0 Å². The molecule has 0 aromatic heterocycles. The summed E-state index contributed by atoms with van der Waals surface area (Å²) in [5, 5.41) is 0. The molecule has 0 aliphatic rings. The Kier molecular flexibility index (Phi) is 20.4. The van der Waals surface area contributed by atoms with Gasteiger partial charge in [0.15, 0.2) is 0 Å². The first-order valence-electron chi connectivity index (χ1n) is 16.4. The van der Waals surface area contributed by atoms with Gasteiger partial charge < -0.3 is 19.1 Å². The lowest BCUT2D eigenvalue weighted by Crippen LogP contribution is -2.52. The quantitative estimate of drug-likeness (QED) is 0.0901. The first-order valence-corrected chi connectivity index (χ1v) is 16.4. The third kappa shape index (κ3) is 15.1. The average Bonchev–Trinajstić information content (AvgIpc) is 2.93. The van der Waals surface area contributed by atoms with Crippen molar-refractivity contribution in [2.45, 2.75) is 158 Å². The van der Waals surface area contributed by atoms with Crippen molar-refractivity contribution in [2.75, 3.05) is 13.1 Å². The van der Waals surface area contributed by atoms with E-state index in [1.807, 2.05) is 20.8 Å². The zero-order valence-corrected chi connectivity index (χ0v) is 27.7. The first-order chi connectivity index (χ1) is 19.4. The van der Waals surface area contributed by atoms with Gasteiger partial charge in [-0.3, -0.25) is 19.2 Å². The maximum absolute atomic E-state index is 13.3. The highest BCUT2D eigenvalue weighted by Crippen LogP contribution is 2.26. The number of rotatable bonds is 23. The molecule has 240 valence electrons. The summed E-state index contributed by atoms with van der Waals surface area (Å²) in [7, 11) is 0. The summed E-state index contributed by atoms with van der Waals surface area (Å²) in [6, 6.07) is 0. The Labute approximate surface area is 250 Å². The molecule has 0 saturated heterocycles. The van der Waals surface area contributed by atoms with E-state index in [-0.39, 0.29) is 49.1 Å². The minimum atomic E-state index is -1.67. The molecule has 0 aliphatic heterocycles. The van der Waals surface area contributed by atoms with E-state index in [2.05, 4.69) is 20.8 Å². The van der Waals surface area contributed by atoms with E-state index in [0.29, 0.717) is 32.1 Å². The largest absolute Gasteiger partial charge is 0.461 e. The molecular formula is C33H61NO7. The van der Waals surface area contributed by atoms with Crippen LogP contribution < -0.4 is 0 Å². The lowest BCUT2D eigenvalue weighted by molar-refractivity contribution is -0.234. The number of nitrogens with zero attached hydrogens (tertiary/aromatic N) is 1. The van der Waals surface area contributed by atoms with Crippen molar-refractivity contribution in [3.05, 3.63) is 0 Å². The van der Waals surface area contributed by atoms with Crippen molar-refractivity contribution in [1.82, 2.24) is 4.90 Å². The highest BCUT2D eigenvalue weighted by molar-refractivity contribution is 5.77. The molecule has 0 aliphatic carbocycles. The summed E-state index contributed by atoms with van der Waals surface area (Å²) in [4.78, 5) is 54.0. The fraction of sp³-hybridized carbons (Fsp3) is 0.879. The second kappa shape index (κ2) is 21.6. The van der Waals surface area contributed by atoms with Crippen LogP contribution in [-0.4, -0.2) is 53.7 Å². The van der Waals surface area contributed by atoms with Crippen molar-refractivity contribution in [3.63, 3.8) is 0 Å². The number of hydrogen-bond acceptors (Lipinski definition) is 7. The predicted octanol–water partition coefficient (Wildman–Crippen LogP) is 7.61. The van der Waals surface area contributed by atoms with Gasteiger partial charge in [0.25, 0.3) is 5.79 Å². The van der Waals surface area contributed by atoms with E-state index in [1.54, 1.807) is 20.8 Å². The molecule has 1 amide bonds. The Morgan fingerprint density at radius 1 is 0.659 bits per heavy atom. The Bertz CT molecular complexity index is 739. The van der Waals surface area contributed by atoms with Crippen molar-refractivity contribution in [3.8, 4) is 0 Å². The third-order valence-corrected chi connectivity index (χ3v) is 7.76. The lowest BCUT2D eigenvalue weighted by atomic mass is 9.99. The van der Waals surface area contributed by atoms with E-state index >= 15 is 0 Å². The summed E-state index contributed by atoms with van der Waals surface area (Å²) in [5.41, 5.74) is 0. The van der Waals surface area contributed by atoms with Crippen molar-refractivity contribution in [1.29, 1.82) is 0 Å². The average molecular weight is 584 g/mol. The molecule has 0 aromatic carbocycles. The smallest absolute Gasteiger partial charge is 0.312 e. The fourth-order valence-corrected chi connectivity index (χ4v) is 4.96. The topological polar surface area (TPSA) is 99.2 Å². The number of carbonyl (C=O) groups is 4. The summed E-state index contributed by atoms with van der Waals surface area (Å²) in [6.07, 6.45) is 9.32. The number of ether oxygens (including phenoxy) is 3. The molecule has 0 N–H and O–H groups in total. The van der Waals surface area contributed by atoms with Gasteiger partial charge in [-0.15, -0.1) is 0 Å². The Morgan fingerprint density at radius 3 is 1.39 bits per heavy atom. The van der Waals surface area contributed by atoms with Gasteiger partial charge in [-0.2, -0.15) is 0 Å². The number of esters is 3. The molecule has 8 heteroatoms. The van der Waals surface area contributed by atoms with Crippen LogP contribution in [0.4, 0.5) is 0 Å². The minimum Gasteiger partial charge on any atom is -0.461 e. The molecule has 0 heterocycles. The van der Waals surface area contributed by atoms with Crippen LogP contribution in [0.3, 0.4) is 0 Å². The lowest BCUT2D eigenvalue weighted by Gasteiger charge is -2.37. The second-order valence-electron chi connectivity index (χ2n) is 11.6. The highest BCUT2D eigenvalue weighted by Gasteiger charge is 2.40. The number of hydrogen-bond donors (Lipinski definition) is 0. The molecule has 0 fully saturated rings. The van der Waals surface area contributed by atoms with Gasteiger partial charge in [0.2, 0.25) is 5.91 Å². The molecule has 8 nitrogen and oxygen atoms in total. The van der Waals surface area contributed by atoms with E-state index in [9.17, 15) is 19.2 Å². The van der Waals surface area contributed by atoms with E-state index in [0.717, 1.165) is 44.9 Å². The van der Waals surface area contributed by atoms with Crippen LogP contribution in [0.25, 0.3) is 0 Å². The molecule has 0 unspecified atom stereocenters. The van der Waals surface area contributed by atoms with Crippen molar-refractivity contribution in [2.24, 2.45) is 17.8 Å². The predicted molar refractivity (Wildman–Crippen MR) is 163 cm³/mol. The summed E-state index contributed by atoms with van der Waals surface area (Å²) in [5.74, 6) is -3.82. The first kappa shape index (κ1) is 38.9.